The molecule has 0 atom stereocenters. The number of nitrogens with one attached hydrogen (secondary N) is 1. The Bertz CT molecular complexity index is 1050. The molecule has 3 rings (SSSR count). The molecule has 0 aliphatic heterocycles. The molecular weight excluding hydrogens is 384 g/mol. The SMILES string of the molecule is CN(c1ccccc1)S(=O)(=O)c1ccc(C(=O)Nc2cccc(Cl)c2)cc1. The fourth-order valence-corrected chi connectivity index (χ4v) is 3.87. The lowest BCUT2D eigenvalue weighted by Crippen LogP contribution is -2.26. The van der Waals surface area contributed by atoms with E-state index >= 15 is 0 Å². The van der Waals surface area contributed by atoms with E-state index in [-0.39, 0.29) is 10.8 Å². The van der Waals surface area contributed by atoms with Crippen molar-refractivity contribution in [2.45, 2.75) is 4.90 Å². The second kappa shape index (κ2) is 7.82. The first kappa shape index (κ1) is 18.9. The highest BCUT2D eigenvalue weighted by Crippen LogP contribution is 2.22. The van der Waals surface area contributed by atoms with Crippen LogP contribution in [0.1, 0.15) is 10.4 Å². The molecule has 0 aromatic heterocycles. The van der Waals surface area contributed by atoms with Gasteiger partial charge in [0.05, 0.1) is 10.6 Å². The third kappa shape index (κ3) is 4.30. The molecule has 5 nitrogen and oxygen atoms in total. The zero-order chi connectivity index (χ0) is 19.4. The second-order valence-corrected chi connectivity index (χ2v) is 8.20. The van der Waals surface area contributed by atoms with Crippen LogP contribution in [0.4, 0.5) is 11.4 Å². The molecule has 3 aromatic carbocycles. The second-order valence-electron chi connectivity index (χ2n) is 5.80. The maximum Gasteiger partial charge on any atom is 0.264 e. The van der Waals surface area contributed by atoms with Gasteiger partial charge in [0.15, 0.2) is 0 Å². The van der Waals surface area contributed by atoms with Gasteiger partial charge < -0.3 is 5.32 Å². The predicted molar refractivity (Wildman–Crippen MR) is 108 cm³/mol. The van der Waals surface area contributed by atoms with Crippen molar-refractivity contribution in [3.8, 4) is 0 Å². The van der Waals surface area contributed by atoms with E-state index in [0.29, 0.717) is 22.0 Å². The molecule has 0 bridgehead atoms. The van der Waals surface area contributed by atoms with Crippen LogP contribution in [0.3, 0.4) is 0 Å². The molecule has 0 heterocycles. The summed E-state index contributed by atoms with van der Waals surface area (Å²) < 4.78 is 26.7. The summed E-state index contributed by atoms with van der Waals surface area (Å²) >= 11 is 5.90. The summed E-state index contributed by atoms with van der Waals surface area (Å²) in [5, 5.41) is 3.23. The topological polar surface area (TPSA) is 66.5 Å². The van der Waals surface area contributed by atoms with Crippen molar-refractivity contribution in [2.75, 3.05) is 16.7 Å². The summed E-state index contributed by atoms with van der Waals surface area (Å²) in [5.74, 6) is -0.349. The quantitative estimate of drug-likeness (QED) is 0.689. The van der Waals surface area contributed by atoms with Crippen molar-refractivity contribution < 1.29 is 13.2 Å². The molecule has 0 aliphatic rings. The van der Waals surface area contributed by atoms with Gasteiger partial charge in [0, 0.05) is 23.3 Å². The molecule has 0 fully saturated rings. The van der Waals surface area contributed by atoms with E-state index in [0.717, 1.165) is 0 Å². The van der Waals surface area contributed by atoms with Gasteiger partial charge in [-0.05, 0) is 54.6 Å². The number of para-hydroxylation sites is 1. The number of sulfonamides is 1. The molecule has 3 aromatic rings. The lowest BCUT2D eigenvalue weighted by atomic mass is 10.2. The van der Waals surface area contributed by atoms with E-state index in [4.69, 9.17) is 11.6 Å². The lowest BCUT2D eigenvalue weighted by molar-refractivity contribution is 0.102. The fourth-order valence-electron chi connectivity index (χ4n) is 2.48. The van der Waals surface area contributed by atoms with Crippen LogP contribution in [0, 0.1) is 0 Å². The molecular formula is C20H17ClN2O3S. The Labute approximate surface area is 163 Å². The average molecular weight is 401 g/mol. The number of carbonyl (C=O) groups is 1. The Hall–Kier alpha value is -2.83. The van der Waals surface area contributed by atoms with Gasteiger partial charge >= 0.3 is 0 Å². The highest BCUT2D eigenvalue weighted by atomic mass is 35.5. The number of rotatable bonds is 5. The zero-order valence-corrected chi connectivity index (χ0v) is 16.0. The molecule has 0 unspecified atom stereocenters. The Morgan fingerprint density at radius 1 is 0.926 bits per heavy atom. The molecule has 138 valence electrons. The molecule has 1 amide bonds. The van der Waals surface area contributed by atoms with Gasteiger partial charge in [-0.25, -0.2) is 8.42 Å². The first-order valence-corrected chi connectivity index (χ1v) is 9.91. The third-order valence-electron chi connectivity index (χ3n) is 3.98. The Balaban J connectivity index is 1.79. The van der Waals surface area contributed by atoms with Gasteiger partial charge in [-0.15, -0.1) is 0 Å². The van der Waals surface area contributed by atoms with Crippen LogP contribution in [0.2, 0.25) is 5.02 Å². The van der Waals surface area contributed by atoms with E-state index in [1.807, 2.05) is 6.07 Å². The number of halogens is 1. The van der Waals surface area contributed by atoms with E-state index < -0.39 is 10.0 Å². The van der Waals surface area contributed by atoms with E-state index in [2.05, 4.69) is 5.32 Å². The third-order valence-corrected chi connectivity index (χ3v) is 6.01. The first-order valence-electron chi connectivity index (χ1n) is 8.09. The van der Waals surface area contributed by atoms with Crippen molar-refractivity contribution in [2.24, 2.45) is 0 Å². The molecule has 1 N–H and O–H groups in total. The van der Waals surface area contributed by atoms with Gasteiger partial charge in [-0.1, -0.05) is 35.9 Å². The van der Waals surface area contributed by atoms with Gasteiger partial charge in [0.2, 0.25) is 0 Å². The van der Waals surface area contributed by atoms with Crippen molar-refractivity contribution in [3.05, 3.63) is 89.4 Å². The van der Waals surface area contributed by atoms with Gasteiger partial charge in [0.25, 0.3) is 15.9 Å². The van der Waals surface area contributed by atoms with Crippen LogP contribution >= 0.6 is 11.6 Å². The summed E-state index contributed by atoms with van der Waals surface area (Å²) in [5.41, 5.74) is 1.46. The summed E-state index contributed by atoms with van der Waals surface area (Å²) in [6.45, 7) is 0. The molecule has 27 heavy (non-hydrogen) atoms. The minimum absolute atomic E-state index is 0.105. The van der Waals surface area contributed by atoms with Crippen molar-refractivity contribution in [3.63, 3.8) is 0 Å². The van der Waals surface area contributed by atoms with Crippen LogP contribution in [0.15, 0.2) is 83.8 Å². The number of carbonyl (C=O) groups excluding carboxylic acids is 1. The summed E-state index contributed by atoms with van der Waals surface area (Å²) in [4.78, 5) is 12.4. The van der Waals surface area contributed by atoms with Crippen molar-refractivity contribution >= 4 is 38.9 Å². The standard InChI is InChI=1S/C20H17ClN2O3S/c1-23(18-8-3-2-4-9-18)27(25,26)19-12-10-15(11-13-19)20(24)22-17-7-5-6-16(21)14-17/h2-14H,1H3,(H,22,24). The maximum absolute atomic E-state index is 12.8. The van der Waals surface area contributed by atoms with Gasteiger partial charge in [-0.2, -0.15) is 0 Å². The van der Waals surface area contributed by atoms with Crippen molar-refractivity contribution in [1.82, 2.24) is 0 Å². The first-order chi connectivity index (χ1) is 12.9. The van der Waals surface area contributed by atoms with Crippen LogP contribution < -0.4 is 9.62 Å². The summed E-state index contributed by atoms with van der Waals surface area (Å²) in [6.07, 6.45) is 0. The summed E-state index contributed by atoms with van der Waals surface area (Å²) in [6, 6.07) is 21.4. The fraction of sp³-hybridized carbons (Fsp3) is 0.0500. The lowest BCUT2D eigenvalue weighted by Gasteiger charge is -2.19. The molecule has 0 aliphatic carbocycles. The molecule has 0 saturated carbocycles. The van der Waals surface area contributed by atoms with E-state index in [1.165, 1.54) is 35.6 Å². The highest BCUT2D eigenvalue weighted by Gasteiger charge is 2.21. The number of amides is 1. The van der Waals surface area contributed by atoms with Crippen molar-refractivity contribution in [1.29, 1.82) is 0 Å². The normalized spacial score (nSPS) is 11.0. The van der Waals surface area contributed by atoms with Crippen LogP contribution in [-0.2, 0) is 10.0 Å². The Morgan fingerprint density at radius 2 is 1.59 bits per heavy atom. The maximum atomic E-state index is 12.8. The molecule has 0 spiro atoms. The van der Waals surface area contributed by atoms with Gasteiger partial charge in [-0.3, -0.25) is 9.10 Å². The molecule has 0 saturated heterocycles. The van der Waals surface area contributed by atoms with E-state index in [1.54, 1.807) is 48.5 Å². The smallest absolute Gasteiger partial charge is 0.264 e. The number of anilines is 2. The van der Waals surface area contributed by atoms with Crippen LogP contribution in [0.25, 0.3) is 0 Å². The average Bonchev–Trinajstić information content (AvgIpc) is 2.68. The number of nitrogens with zero attached hydrogens (tertiary/aromatic N) is 1. The van der Waals surface area contributed by atoms with Crippen LogP contribution in [0.5, 0.6) is 0 Å². The predicted octanol–water partition coefficient (Wildman–Crippen LogP) is 4.42. The van der Waals surface area contributed by atoms with Crippen LogP contribution in [-0.4, -0.2) is 21.4 Å². The van der Waals surface area contributed by atoms with Gasteiger partial charge in [0.1, 0.15) is 0 Å². The number of hydrogen-bond acceptors (Lipinski definition) is 3. The number of hydrogen-bond donors (Lipinski definition) is 1. The van der Waals surface area contributed by atoms with E-state index in [9.17, 15) is 13.2 Å². The minimum atomic E-state index is -3.71. The Morgan fingerprint density at radius 3 is 2.22 bits per heavy atom. The molecule has 7 heteroatoms. The monoisotopic (exact) mass is 400 g/mol. The minimum Gasteiger partial charge on any atom is -0.322 e. The Kier molecular flexibility index (Phi) is 5.48. The largest absolute Gasteiger partial charge is 0.322 e. The molecule has 0 radical (unpaired) electrons. The zero-order valence-electron chi connectivity index (χ0n) is 14.5. The number of benzene rings is 3. The highest BCUT2D eigenvalue weighted by molar-refractivity contribution is 7.92. The summed E-state index contributed by atoms with van der Waals surface area (Å²) in [7, 11) is -2.22.